The van der Waals surface area contributed by atoms with Gasteiger partial charge in [0.25, 0.3) is 27.5 Å². The first-order valence-electron chi connectivity index (χ1n) is 12.0. The number of nitrogens with one attached hydrogen (secondary N) is 3. The number of carbonyl (C=O) groups is 2. The molecule has 12 heteroatoms. The molecule has 4 aromatic carbocycles. The van der Waals surface area contributed by atoms with Crippen molar-refractivity contribution in [2.45, 2.75) is 9.79 Å². The number of rotatable bonds is 11. The summed E-state index contributed by atoms with van der Waals surface area (Å²) in [6.45, 7) is 0.398. The van der Waals surface area contributed by atoms with Crippen LogP contribution in [0.5, 0.6) is 0 Å². The highest BCUT2D eigenvalue weighted by Crippen LogP contribution is 2.28. The summed E-state index contributed by atoms with van der Waals surface area (Å²) >= 11 is 1.57. The number of amides is 2. The Morgan fingerprint density at radius 2 is 1.45 bits per heavy atom. The quantitative estimate of drug-likeness (QED) is 0.0959. The standard InChI is InChI=1S/C28H24N4O6S2/c33-27(20-9-3-1-4-10-20)30-24-14-8-7-13-23(24)28(34)31-40(37,38)22-15-16-25(26(19-22)32(35)36)29-17-18-39-21-11-5-2-6-12-21/h1-16,19,29H,17-18H2,(H,30,33)(H,31,34). The van der Waals surface area contributed by atoms with Gasteiger partial charge in [0.05, 0.1) is 21.1 Å². The van der Waals surface area contributed by atoms with Crippen LogP contribution in [-0.2, 0) is 10.0 Å². The Kier molecular flexibility index (Phi) is 9.15. The van der Waals surface area contributed by atoms with Gasteiger partial charge >= 0.3 is 0 Å². The van der Waals surface area contributed by atoms with E-state index in [2.05, 4.69) is 10.6 Å². The van der Waals surface area contributed by atoms with Crippen molar-refractivity contribution in [3.8, 4) is 0 Å². The van der Waals surface area contributed by atoms with Gasteiger partial charge in [0.1, 0.15) is 5.69 Å². The van der Waals surface area contributed by atoms with Gasteiger partial charge in [-0.2, -0.15) is 0 Å². The van der Waals surface area contributed by atoms with Crippen molar-refractivity contribution in [1.29, 1.82) is 0 Å². The van der Waals surface area contributed by atoms with Crippen molar-refractivity contribution in [2.24, 2.45) is 0 Å². The van der Waals surface area contributed by atoms with Gasteiger partial charge in [0, 0.05) is 28.8 Å². The maximum Gasteiger partial charge on any atom is 0.293 e. The Labute approximate surface area is 235 Å². The molecular formula is C28H24N4O6S2. The van der Waals surface area contributed by atoms with Crippen LogP contribution in [0.2, 0.25) is 0 Å². The van der Waals surface area contributed by atoms with Crippen molar-refractivity contribution in [2.75, 3.05) is 22.9 Å². The lowest BCUT2D eigenvalue weighted by Crippen LogP contribution is -2.31. The average Bonchev–Trinajstić information content (AvgIpc) is 2.96. The van der Waals surface area contributed by atoms with Gasteiger partial charge in [0.2, 0.25) is 0 Å². The first-order valence-corrected chi connectivity index (χ1v) is 14.4. The Balaban J connectivity index is 1.46. The number of nitro groups is 1. The van der Waals surface area contributed by atoms with E-state index < -0.39 is 37.3 Å². The number of anilines is 2. The van der Waals surface area contributed by atoms with Crippen LogP contribution in [0.4, 0.5) is 17.1 Å². The predicted molar refractivity (Wildman–Crippen MR) is 154 cm³/mol. The summed E-state index contributed by atoms with van der Waals surface area (Å²) in [7, 11) is -4.49. The van der Waals surface area contributed by atoms with E-state index in [0.717, 1.165) is 11.0 Å². The number of hydrogen-bond donors (Lipinski definition) is 3. The van der Waals surface area contributed by atoms with Crippen LogP contribution in [0.3, 0.4) is 0 Å². The Hall–Kier alpha value is -4.68. The summed E-state index contributed by atoms with van der Waals surface area (Å²) in [6, 6.07) is 27.2. The number of sulfonamides is 1. The number of benzene rings is 4. The third-order valence-electron chi connectivity index (χ3n) is 5.59. The van der Waals surface area contributed by atoms with Crippen molar-refractivity contribution >= 4 is 50.7 Å². The van der Waals surface area contributed by atoms with Crippen molar-refractivity contribution in [3.63, 3.8) is 0 Å². The molecule has 0 aliphatic rings. The van der Waals surface area contributed by atoms with Crippen molar-refractivity contribution in [1.82, 2.24) is 4.72 Å². The van der Waals surface area contributed by atoms with Crippen LogP contribution in [0, 0.1) is 10.1 Å². The second-order valence-electron chi connectivity index (χ2n) is 8.32. The molecule has 0 spiro atoms. The Bertz CT molecular complexity index is 1630. The third-order valence-corrected chi connectivity index (χ3v) is 7.93. The summed E-state index contributed by atoms with van der Waals surface area (Å²) in [5.41, 5.74) is 0.0560. The minimum Gasteiger partial charge on any atom is -0.379 e. The van der Waals surface area contributed by atoms with E-state index >= 15 is 0 Å². The minimum atomic E-state index is -4.49. The van der Waals surface area contributed by atoms with Gasteiger partial charge < -0.3 is 10.6 Å². The molecule has 0 unspecified atom stereocenters. The molecule has 0 radical (unpaired) electrons. The number of hydrogen-bond acceptors (Lipinski definition) is 8. The SMILES string of the molecule is O=C(Nc1ccccc1C(=O)NS(=O)(=O)c1ccc(NCCSc2ccccc2)c([N+](=O)[O-])c1)c1ccccc1. The van der Waals surface area contributed by atoms with Crippen LogP contribution in [0.15, 0.2) is 113 Å². The monoisotopic (exact) mass is 576 g/mol. The minimum absolute atomic E-state index is 0.0981. The van der Waals surface area contributed by atoms with Gasteiger partial charge in [-0.1, -0.05) is 48.5 Å². The molecule has 2 amide bonds. The number of carbonyl (C=O) groups excluding carboxylic acids is 2. The fourth-order valence-corrected chi connectivity index (χ4v) is 5.44. The Morgan fingerprint density at radius 3 is 2.15 bits per heavy atom. The molecule has 0 aliphatic carbocycles. The topological polar surface area (TPSA) is 148 Å². The first kappa shape index (κ1) is 28.3. The molecule has 10 nitrogen and oxygen atoms in total. The average molecular weight is 577 g/mol. The molecule has 0 heterocycles. The van der Waals surface area contributed by atoms with E-state index in [1.807, 2.05) is 35.1 Å². The molecule has 4 rings (SSSR count). The molecular weight excluding hydrogens is 552 g/mol. The molecule has 4 aromatic rings. The molecule has 0 fully saturated rings. The maximum absolute atomic E-state index is 13.0. The zero-order chi connectivity index (χ0) is 28.5. The molecule has 0 saturated carbocycles. The highest BCUT2D eigenvalue weighted by atomic mass is 32.2. The van der Waals surface area contributed by atoms with Crippen LogP contribution in [-0.4, -0.2) is 37.5 Å². The fourth-order valence-electron chi connectivity index (χ4n) is 3.66. The second kappa shape index (κ2) is 12.9. The number of nitro benzene ring substituents is 1. The van der Waals surface area contributed by atoms with Crippen LogP contribution >= 0.6 is 11.8 Å². The summed E-state index contributed by atoms with van der Waals surface area (Å²) in [5, 5.41) is 17.3. The summed E-state index contributed by atoms with van der Waals surface area (Å²) < 4.78 is 28.0. The maximum atomic E-state index is 13.0. The van der Waals surface area contributed by atoms with E-state index in [0.29, 0.717) is 17.9 Å². The van der Waals surface area contributed by atoms with E-state index in [1.54, 1.807) is 48.2 Å². The Morgan fingerprint density at radius 1 is 0.800 bits per heavy atom. The highest BCUT2D eigenvalue weighted by Gasteiger charge is 2.25. The molecule has 204 valence electrons. The van der Waals surface area contributed by atoms with Crippen LogP contribution < -0.4 is 15.4 Å². The van der Waals surface area contributed by atoms with E-state index in [4.69, 9.17) is 0 Å². The normalized spacial score (nSPS) is 10.9. The molecule has 0 aromatic heterocycles. The van der Waals surface area contributed by atoms with Gasteiger partial charge in [-0.3, -0.25) is 19.7 Å². The zero-order valence-electron chi connectivity index (χ0n) is 20.9. The molecule has 0 atom stereocenters. The number of para-hydroxylation sites is 1. The van der Waals surface area contributed by atoms with Crippen molar-refractivity contribution in [3.05, 3.63) is 124 Å². The van der Waals surface area contributed by atoms with E-state index in [1.165, 1.54) is 30.3 Å². The van der Waals surface area contributed by atoms with E-state index in [9.17, 15) is 28.1 Å². The smallest absolute Gasteiger partial charge is 0.293 e. The summed E-state index contributed by atoms with van der Waals surface area (Å²) in [6.07, 6.45) is 0. The van der Waals surface area contributed by atoms with Gasteiger partial charge in [0.15, 0.2) is 0 Å². The lowest BCUT2D eigenvalue weighted by molar-refractivity contribution is -0.384. The van der Waals surface area contributed by atoms with Crippen LogP contribution in [0.1, 0.15) is 20.7 Å². The fraction of sp³-hybridized carbons (Fsp3) is 0.0714. The van der Waals surface area contributed by atoms with Gasteiger partial charge in [-0.15, -0.1) is 11.8 Å². The predicted octanol–water partition coefficient (Wildman–Crippen LogP) is 5.17. The lowest BCUT2D eigenvalue weighted by atomic mass is 10.1. The number of nitrogens with zero attached hydrogens (tertiary/aromatic N) is 1. The lowest BCUT2D eigenvalue weighted by Gasteiger charge is -2.13. The summed E-state index contributed by atoms with van der Waals surface area (Å²) in [4.78, 5) is 37.1. The van der Waals surface area contributed by atoms with Crippen molar-refractivity contribution < 1.29 is 22.9 Å². The molecule has 40 heavy (non-hydrogen) atoms. The van der Waals surface area contributed by atoms with Gasteiger partial charge in [-0.05, 0) is 48.5 Å². The molecule has 0 aliphatic heterocycles. The van der Waals surface area contributed by atoms with Gasteiger partial charge in [-0.25, -0.2) is 13.1 Å². The third kappa shape index (κ3) is 7.24. The summed E-state index contributed by atoms with van der Waals surface area (Å²) in [5.74, 6) is -0.867. The van der Waals surface area contributed by atoms with E-state index in [-0.39, 0.29) is 16.9 Å². The first-order chi connectivity index (χ1) is 19.2. The largest absolute Gasteiger partial charge is 0.379 e. The highest BCUT2D eigenvalue weighted by molar-refractivity contribution is 7.99. The second-order valence-corrected chi connectivity index (χ2v) is 11.2. The number of thioether (sulfide) groups is 1. The molecule has 3 N–H and O–H groups in total. The molecule has 0 bridgehead atoms. The molecule has 0 saturated heterocycles. The van der Waals surface area contributed by atoms with Crippen LogP contribution in [0.25, 0.3) is 0 Å². The zero-order valence-corrected chi connectivity index (χ0v) is 22.6.